The molecule has 4 heteroatoms. The number of imidazole rings is 1. The summed E-state index contributed by atoms with van der Waals surface area (Å²) in [5, 5.41) is 0. The Balaban J connectivity index is 2.21. The van der Waals surface area contributed by atoms with E-state index in [4.69, 9.17) is 0 Å². The Labute approximate surface area is 112 Å². The number of carbonyl (C=O) groups excluding carboxylic acids is 1. The van der Waals surface area contributed by atoms with Crippen LogP contribution in [0.4, 0.5) is 4.39 Å². The molecule has 0 aliphatic heterocycles. The Morgan fingerprint density at radius 3 is 2.47 bits per heavy atom. The van der Waals surface area contributed by atoms with Gasteiger partial charge in [0.25, 0.3) is 0 Å². The molecule has 0 bridgehead atoms. The highest BCUT2D eigenvalue weighted by atomic mass is 19.1. The Bertz CT molecular complexity index is 584. The summed E-state index contributed by atoms with van der Waals surface area (Å²) in [4.78, 5) is 16.6. The van der Waals surface area contributed by atoms with Gasteiger partial charge in [-0.25, -0.2) is 9.37 Å². The Morgan fingerprint density at radius 2 is 1.95 bits per heavy atom. The molecule has 0 aliphatic rings. The summed E-state index contributed by atoms with van der Waals surface area (Å²) in [5.41, 5.74) is 0.160. The molecule has 3 nitrogen and oxygen atoms in total. The van der Waals surface area contributed by atoms with Crippen LogP contribution in [0.5, 0.6) is 0 Å². The van der Waals surface area contributed by atoms with E-state index in [-0.39, 0.29) is 18.0 Å². The van der Waals surface area contributed by atoms with E-state index in [1.165, 1.54) is 12.1 Å². The molecule has 0 radical (unpaired) electrons. The number of carbonyl (C=O) groups is 1. The third-order valence-corrected chi connectivity index (χ3v) is 3.50. The first-order chi connectivity index (χ1) is 8.91. The number of halogens is 1. The van der Waals surface area contributed by atoms with Crippen LogP contribution in [-0.2, 0) is 23.7 Å². The van der Waals surface area contributed by atoms with Gasteiger partial charge in [0.15, 0.2) is 0 Å². The number of benzene rings is 1. The standard InChI is InChI=1S/C15H17FN2O/c1-15(2,11-4-6-12(16)7-5-11)13(19)10-14-17-8-9-18(14)3/h4-9H,10H2,1-3H3. The quantitative estimate of drug-likeness (QED) is 0.847. The van der Waals surface area contributed by atoms with Gasteiger partial charge in [-0.3, -0.25) is 4.79 Å². The van der Waals surface area contributed by atoms with Crippen molar-refractivity contribution in [2.75, 3.05) is 0 Å². The molecular weight excluding hydrogens is 243 g/mol. The third kappa shape index (κ3) is 2.72. The van der Waals surface area contributed by atoms with Crippen molar-refractivity contribution in [3.05, 3.63) is 53.9 Å². The molecule has 2 aromatic rings. The minimum Gasteiger partial charge on any atom is -0.338 e. The lowest BCUT2D eigenvalue weighted by atomic mass is 9.79. The lowest BCUT2D eigenvalue weighted by molar-refractivity contribution is -0.123. The van der Waals surface area contributed by atoms with Crippen LogP contribution in [0.2, 0.25) is 0 Å². The van der Waals surface area contributed by atoms with E-state index < -0.39 is 5.41 Å². The van der Waals surface area contributed by atoms with Gasteiger partial charge in [-0.15, -0.1) is 0 Å². The fourth-order valence-electron chi connectivity index (χ4n) is 1.96. The minimum atomic E-state index is -0.653. The largest absolute Gasteiger partial charge is 0.338 e. The molecule has 0 saturated heterocycles. The molecule has 0 spiro atoms. The van der Waals surface area contributed by atoms with Gasteiger partial charge in [-0.1, -0.05) is 12.1 Å². The number of aromatic nitrogens is 2. The van der Waals surface area contributed by atoms with Crippen molar-refractivity contribution >= 4 is 5.78 Å². The van der Waals surface area contributed by atoms with Crippen molar-refractivity contribution in [3.63, 3.8) is 0 Å². The summed E-state index contributed by atoms with van der Waals surface area (Å²) < 4.78 is 14.8. The number of hydrogen-bond donors (Lipinski definition) is 0. The van der Waals surface area contributed by atoms with Crippen LogP contribution in [0, 0.1) is 5.82 Å². The number of nitrogens with zero attached hydrogens (tertiary/aromatic N) is 2. The normalized spacial score (nSPS) is 11.6. The van der Waals surface area contributed by atoms with Crippen LogP contribution in [-0.4, -0.2) is 15.3 Å². The summed E-state index contributed by atoms with van der Waals surface area (Å²) >= 11 is 0. The second-order valence-corrected chi connectivity index (χ2v) is 5.19. The minimum absolute atomic E-state index is 0.0633. The average Bonchev–Trinajstić information content (AvgIpc) is 2.75. The molecule has 0 atom stereocenters. The van der Waals surface area contributed by atoms with Gasteiger partial charge in [-0.05, 0) is 31.5 Å². The highest BCUT2D eigenvalue weighted by molar-refractivity contribution is 5.90. The van der Waals surface area contributed by atoms with Crippen LogP contribution in [0.1, 0.15) is 25.2 Å². The first-order valence-corrected chi connectivity index (χ1v) is 6.17. The van der Waals surface area contributed by atoms with Crippen molar-refractivity contribution in [2.24, 2.45) is 7.05 Å². The second-order valence-electron chi connectivity index (χ2n) is 5.19. The van der Waals surface area contributed by atoms with Gasteiger partial charge in [0, 0.05) is 24.9 Å². The average molecular weight is 260 g/mol. The maximum absolute atomic E-state index is 12.9. The zero-order valence-corrected chi connectivity index (χ0v) is 11.4. The maximum atomic E-state index is 12.9. The number of aryl methyl sites for hydroxylation is 1. The first kappa shape index (κ1) is 13.5. The topological polar surface area (TPSA) is 34.9 Å². The van der Waals surface area contributed by atoms with E-state index in [1.54, 1.807) is 18.3 Å². The zero-order valence-electron chi connectivity index (χ0n) is 11.4. The molecule has 2 rings (SSSR count). The zero-order chi connectivity index (χ0) is 14.0. The molecule has 0 fully saturated rings. The lowest BCUT2D eigenvalue weighted by Crippen LogP contribution is -2.31. The van der Waals surface area contributed by atoms with Crippen molar-refractivity contribution in [3.8, 4) is 0 Å². The molecule has 100 valence electrons. The van der Waals surface area contributed by atoms with Gasteiger partial charge >= 0.3 is 0 Å². The predicted molar refractivity (Wildman–Crippen MR) is 71.3 cm³/mol. The fraction of sp³-hybridized carbons (Fsp3) is 0.333. The Hall–Kier alpha value is -1.97. The Morgan fingerprint density at radius 1 is 1.32 bits per heavy atom. The van der Waals surface area contributed by atoms with Gasteiger partial charge in [0.05, 0.1) is 6.42 Å². The highest BCUT2D eigenvalue weighted by Crippen LogP contribution is 2.25. The second kappa shape index (κ2) is 4.96. The molecular formula is C15H17FN2O. The number of Topliss-reactive ketones (excluding diaryl/α,β-unsaturated/α-hetero) is 1. The van der Waals surface area contributed by atoms with E-state index in [1.807, 2.05) is 31.7 Å². The van der Waals surface area contributed by atoms with Crippen LogP contribution in [0.15, 0.2) is 36.7 Å². The van der Waals surface area contributed by atoms with Gasteiger partial charge in [0.1, 0.15) is 17.4 Å². The van der Waals surface area contributed by atoms with Crippen LogP contribution in [0.3, 0.4) is 0 Å². The molecule has 19 heavy (non-hydrogen) atoms. The summed E-state index contributed by atoms with van der Waals surface area (Å²) in [6.45, 7) is 3.71. The number of hydrogen-bond acceptors (Lipinski definition) is 2. The molecule has 0 N–H and O–H groups in total. The molecule has 1 aromatic carbocycles. The van der Waals surface area contributed by atoms with E-state index in [0.717, 1.165) is 11.4 Å². The molecule has 1 heterocycles. The maximum Gasteiger partial charge on any atom is 0.150 e. The predicted octanol–water partition coefficient (Wildman–Crippen LogP) is 2.65. The van der Waals surface area contributed by atoms with Crippen LogP contribution < -0.4 is 0 Å². The highest BCUT2D eigenvalue weighted by Gasteiger charge is 2.30. The van der Waals surface area contributed by atoms with E-state index >= 15 is 0 Å². The van der Waals surface area contributed by atoms with Gasteiger partial charge in [0.2, 0.25) is 0 Å². The van der Waals surface area contributed by atoms with Crippen molar-refractivity contribution in [1.29, 1.82) is 0 Å². The summed E-state index contributed by atoms with van der Waals surface area (Å²) in [5.74, 6) is 0.504. The van der Waals surface area contributed by atoms with Crippen LogP contribution >= 0.6 is 0 Å². The van der Waals surface area contributed by atoms with E-state index in [0.29, 0.717) is 0 Å². The van der Waals surface area contributed by atoms with Crippen molar-refractivity contribution in [1.82, 2.24) is 9.55 Å². The van der Waals surface area contributed by atoms with Crippen molar-refractivity contribution in [2.45, 2.75) is 25.7 Å². The van der Waals surface area contributed by atoms with Gasteiger partial charge in [-0.2, -0.15) is 0 Å². The van der Waals surface area contributed by atoms with Crippen LogP contribution in [0.25, 0.3) is 0 Å². The fourth-order valence-corrected chi connectivity index (χ4v) is 1.96. The number of ketones is 1. The lowest BCUT2D eigenvalue weighted by Gasteiger charge is -2.23. The van der Waals surface area contributed by atoms with Crippen molar-refractivity contribution < 1.29 is 9.18 Å². The first-order valence-electron chi connectivity index (χ1n) is 6.17. The molecule has 0 unspecified atom stereocenters. The summed E-state index contributed by atoms with van der Waals surface area (Å²) in [7, 11) is 1.86. The van der Waals surface area contributed by atoms with Gasteiger partial charge < -0.3 is 4.57 Å². The SMILES string of the molecule is Cn1ccnc1CC(=O)C(C)(C)c1ccc(F)cc1. The third-order valence-electron chi connectivity index (χ3n) is 3.50. The molecule has 0 saturated carbocycles. The van der Waals surface area contributed by atoms with E-state index in [9.17, 15) is 9.18 Å². The molecule has 0 aliphatic carbocycles. The monoisotopic (exact) mass is 260 g/mol. The van der Waals surface area contributed by atoms with E-state index in [2.05, 4.69) is 4.98 Å². The summed E-state index contributed by atoms with van der Waals surface area (Å²) in [6.07, 6.45) is 3.76. The number of rotatable bonds is 4. The smallest absolute Gasteiger partial charge is 0.150 e. The molecule has 1 aromatic heterocycles. The summed E-state index contributed by atoms with van der Waals surface area (Å²) in [6, 6.07) is 6.08. The molecule has 0 amide bonds. The Kier molecular flexibility index (Phi) is 3.51.